The van der Waals surface area contributed by atoms with Gasteiger partial charge in [0, 0.05) is 24.3 Å². The second-order valence-corrected chi connectivity index (χ2v) is 7.01. The Kier molecular flexibility index (Phi) is 3.79. The van der Waals surface area contributed by atoms with Crippen LogP contribution in [0.5, 0.6) is 0 Å². The molecular formula is C20H17N7O. The van der Waals surface area contributed by atoms with Gasteiger partial charge in [0.1, 0.15) is 5.39 Å². The van der Waals surface area contributed by atoms with Crippen LogP contribution in [0.15, 0.2) is 47.7 Å². The Labute approximate surface area is 159 Å². The van der Waals surface area contributed by atoms with Crippen molar-refractivity contribution in [3.05, 3.63) is 53.2 Å². The number of hydrogen-bond donors (Lipinski definition) is 2. The lowest BCUT2D eigenvalue weighted by atomic mass is 10.1. The summed E-state index contributed by atoms with van der Waals surface area (Å²) in [4.78, 5) is 23.9. The average Bonchev–Trinajstić information content (AvgIpc) is 3.49. The summed E-state index contributed by atoms with van der Waals surface area (Å²) in [7, 11) is 0. The number of pyridine rings is 1. The van der Waals surface area contributed by atoms with Gasteiger partial charge in [0.15, 0.2) is 5.82 Å². The number of aromatic nitrogens is 5. The van der Waals surface area contributed by atoms with E-state index in [9.17, 15) is 10.1 Å². The molecule has 4 aromatic rings. The fourth-order valence-electron chi connectivity index (χ4n) is 3.64. The Morgan fingerprint density at radius 2 is 2.07 bits per heavy atom. The van der Waals surface area contributed by atoms with Gasteiger partial charge < -0.3 is 10.3 Å². The highest BCUT2D eigenvalue weighted by Gasteiger charge is 2.34. The molecule has 0 saturated heterocycles. The van der Waals surface area contributed by atoms with Crippen molar-refractivity contribution in [1.82, 2.24) is 24.7 Å². The third-order valence-electron chi connectivity index (χ3n) is 5.14. The van der Waals surface area contributed by atoms with E-state index in [0.29, 0.717) is 23.5 Å². The lowest BCUT2D eigenvalue weighted by Crippen LogP contribution is -2.13. The van der Waals surface area contributed by atoms with Crippen molar-refractivity contribution >= 4 is 33.4 Å². The monoisotopic (exact) mass is 371 g/mol. The van der Waals surface area contributed by atoms with Gasteiger partial charge in [0.05, 0.1) is 35.1 Å². The fraction of sp³-hybridized carbons (Fsp3) is 0.250. The van der Waals surface area contributed by atoms with Crippen LogP contribution in [0.4, 0.5) is 11.5 Å². The molecule has 8 nitrogen and oxygen atoms in total. The topological polar surface area (TPSA) is 112 Å². The van der Waals surface area contributed by atoms with E-state index in [0.717, 1.165) is 35.1 Å². The van der Waals surface area contributed by atoms with Crippen LogP contribution in [0.25, 0.3) is 21.9 Å². The normalized spacial score (nSPS) is 14.8. The standard InChI is InChI=1S/C20H17N7O/c21-7-5-16(12-1-2-12)27-17-6-8-24-20(28)18(17)19(26-27)25-13-3-4-14-15(11-13)23-10-9-22-14/h3-4,6,8-12,16H,1-2,5H2,(H,24,28)(H,25,26). The van der Waals surface area contributed by atoms with Gasteiger partial charge in [0.2, 0.25) is 0 Å². The fourth-order valence-corrected chi connectivity index (χ4v) is 3.64. The zero-order valence-corrected chi connectivity index (χ0v) is 15.0. The Morgan fingerprint density at radius 1 is 1.25 bits per heavy atom. The van der Waals surface area contributed by atoms with E-state index >= 15 is 0 Å². The quantitative estimate of drug-likeness (QED) is 0.557. The number of nitrogens with zero attached hydrogens (tertiary/aromatic N) is 5. The minimum atomic E-state index is -0.210. The van der Waals surface area contributed by atoms with Crippen molar-refractivity contribution < 1.29 is 0 Å². The Bertz CT molecular complexity index is 1280. The Hall–Kier alpha value is -3.73. The number of aromatic amines is 1. The molecule has 2 N–H and O–H groups in total. The number of benzene rings is 1. The molecule has 0 bridgehead atoms. The summed E-state index contributed by atoms with van der Waals surface area (Å²) in [5, 5.41) is 17.7. The minimum Gasteiger partial charge on any atom is -0.338 e. The first-order valence-electron chi connectivity index (χ1n) is 9.19. The number of H-pyrrole nitrogens is 1. The number of anilines is 2. The highest BCUT2D eigenvalue weighted by Crippen LogP contribution is 2.42. The first-order valence-corrected chi connectivity index (χ1v) is 9.19. The highest BCUT2D eigenvalue weighted by molar-refractivity contribution is 5.92. The zero-order chi connectivity index (χ0) is 19.1. The molecule has 1 aromatic carbocycles. The van der Waals surface area contributed by atoms with Crippen LogP contribution in [0.3, 0.4) is 0 Å². The van der Waals surface area contributed by atoms with Crippen molar-refractivity contribution in [3.8, 4) is 6.07 Å². The van der Waals surface area contributed by atoms with E-state index in [1.165, 1.54) is 0 Å². The lowest BCUT2D eigenvalue weighted by Gasteiger charge is -2.14. The van der Waals surface area contributed by atoms with E-state index in [2.05, 4.69) is 26.3 Å². The molecule has 8 heteroatoms. The number of hydrogen-bond acceptors (Lipinski definition) is 6. The maximum absolute atomic E-state index is 12.5. The van der Waals surface area contributed by atoms with Crippen LogP contribution >= 0.6 is 0 Å². The first kappa shape index (κ1) is 16.4. The van der Waals surface area contributed by atoms with Crippen LogP contribution < -0.4 is 10.9 Å². The second kappa shape index (κ2) is 6.46. The molecule has 0 aliphatic heterocycles. The van der Waals surface area contributed by atoms with Crippen LogP contribution in [0.1, 0.15) is 25.3 Å². The third kappa shape index (κ3) is 2.77. The van der Waals surface area contributed by atoms with E-state index in [1.54, 1.807) is 18.6 Å². The summed E-state index contributed by atoms with van der Waals surface area (Å²) < 4.78 is 1.84. The zero-order valence-electron chi connectivity index (χ0n) is 15.0. The summed E-state index contributed by atoms with van der Waals surface area (Å²) in [5.41, 5.74) is 2.85. The predicted molar refractivity (Wildman–Crippen MR) is 105 cm³/mol. The van der Waals surface area contributed by atoms with Gasteiger partial charge in [0.25, 0.3) is 5.56 Å². The molecule has 1 aliphatic rings. The van der Waals surface area contributed by atoms with Crippen molar-refractivity contribution in [1.29, 1.82) is 5.26 Å². The van der Waals surface area contributed by atoms with Crippen molar-refractivity contribution in [2.24, 2.45) is 5.92 Å². The molecule has 1 fully saturated rings. The molecule has 5 rings (SSSR count). The summed E-state index contributed by atoms with van der Waals surface area (Å²) >= 11 is 0. The number of nitriles is 1. The first-order chi connectivity index (χ1) is 13.7. The van der Waals surface area contributed by atoms with Gasteiger partial charge in [-0.1, -0.05) is 0 Å². The van der Waals surface area contributed by atoms with Gasteiger partial charge in [-0.25, -0.2) is 0 Å². The Morgan fingerprint density at radius 3 is 2.86 bits per heavy atom. The summed E-state index contributed by atoms with van der Waals surface area (Å²) in [5.74, 6) is 0.912. The van der Waals surface area contributed by atoms with Crippen LogP contribution in [0, 0.1) is 17.2 Å². The van der Waals surface area contributed by atoms with Crippen LogP contribution in [-0.2, 0) is 0 Å². The number of rotatable bonds is 5. The second-order valence-electron chi connectivity index (χ2n) is 7.01. The van der Waals surface area contributed by atoms with E-state index in [-0.39, 0.29) is 11.6 Å². The van der Waals surface area contributed by atoms with Crippen molar-refractivity contribution in [3.63, 3.8) is 0 Å². The van der Waals surface area contributed by atoms with Crippen LogP contribution in [0.2, 0.25) is 0 Å². The summed E-state index contributed by atoms with van der Waals surface area (Å²) in [6.07, 6.45) is 7.46. The molecule has 1 atom stereocenters. The molecule has 1 unspecified atom stereocenters. The largest absolute Gasteiger partial charge is 0.338 e. The molecule has 28 heavy (non-hydrogen) atoms. The minimum absolute atomic E-state index is 0.0210. The molecule has 3 aromatic heterocycles. The molecule has 0 radical (unpaired) electrons. The molecule has 0 amide bonds. The maximum atomic E-state index is 12.5. The van der Waals surface area contributed by atoms with E-state index in [1.807, 2.05) is 28.9 Å². The highest BCUT2D eigenvalue weighted by atomic mass is 16.1. The van der Waals surface area contributed by atoms with Gasteiger partial charge in [-0.05, 0) is 43.0 Å². The van der Waals surface area contributed by atoms with Crippen molar-refractivity contribution in [2.75, 3.05) is 5.32 Å². The summed E-state index contributed by atoms with van der Waals surface area (Å²) in [6, 6.07) is 9.71. The number of nitrogens with one attached hydrogen (secondary N) is 2. The molecule has 1 aliphatic carbocycles. The van der Waals surface area contributed by atoms with E-state index < -0.39 is 0 Å². The number of fused-ring (bicyclic) bond motifs is 2. The molecular weight excluding hydrogens is 354 g/mol. The van der Waals surface area contributed by atoms with E-state index in [4.69, 9.17) is 5.10 Å². The van der Waals surface area contributed by atoms with Gasteiger partial charge >= 0.3 is 0 Å². The van der Waals surface area contributed by atoms with Crippen LogP contribution in [-0.4, -0.2) is 24.7 Å². The Balaban J connectivity index is 1.62. The smallest absolute Gasteiger partial charge is 0.261 e. The molecule has 3 heterocycles. The predicted octanol–water partition coefficient (Wildman–Crippen LogP) is 3.28. The van der Waals surface area contributed by atoms with Crippen molar-refractivity contribution in [2.45, 2.75) is 25.3 Å². The molecule has 138 valence electrons. The maximum Gasteiger partial charge on any atom is 0.261 e. The molecule has 0 spiro atoms. The summed E-state index contributed by atoms with van der Waals surface area (Å²) in [6.45, 7) is 0. The lowest BCUT2D eigenvalue weighted by molar-refractivity contribution is 0.426. The van der Waals surface area contributed by atoms with Gasteiger partial charge in [-0.2, -0.15) is 10.4 Å². The van der Waals surface area contributed by atoms with Gasteiger partial charge in [-0.3, -0.25) is 19.4 Å². The molecule has 1 saturated carbocycles. The average molecular weight is 371 g/mol. The third-order valence-corrected chi connectivity index (χ3v) is 5.14. The van der Waals surface area contributed by atoms with Gasteiger partial charge in [-0.15, -0.1) is 0 Å². The SMILES string of the molecule is N#CCC(C1CC1)n1nc(Nc2ccc3nccnc3c2)c2c(=O)[nH]ccc21.